The summed E-state index contributed by atoms with van der Waals surface area (Å²) in [6.45, 7) is 4.65. The van der Waals surface area contributed by atoms with Crippen molar-refractivity contribution in [3.05, 3.63) is 46.5 Å². The van der Waals surface area contributed by atoms with Gasteiger partial charge in [0.25, 0.3) is 5.91 Å². The second-order valence-corrected chi connectivity index (χ2v) is 7.95. The van der Waals surface area contributed by atoms with Crippen LogP contribution in [0, 0.1) is 12.8 Å². The van der Waals surface area contributed by atoms with E-state index in [9.17, 15) is 9.59 Å². The Kier molecular flexibility index (Phi) is 4.63. The first-order valence-electron chi connectivity index (χ1n) is 8.97. The summed E-state index contributed by atoms with van der Waals surface area (Å²) in [4.78, 5) is 33.3. The maximum absolute atomic E-state index is 12.7. The SMILES string of the molecule is Cc1ccccc1CN1CCN(c2ncc(C(=O)NCC3CC3)s2)C1=O. The number of aromatic nitrogens is 1. The molecule has 0 bridgehead atoms. The zero-order valence-electron chi connectivity index (χ0n) is 14.8. The largest absolute Gasteiger partial charge is 0.351 e. The molecular formula is C19H22N4O2S. The van der Waals surface area contributed by atoms with Crippen LogP contribution in [-0.2, 0) is 6.54 Å². The van der Waals surface area contributed by atoms with Crippen LogP contribution in [0.25, 0.3) is 0 Å². The minimum absolute atomic E-state index is 0.0486. The van der Waals surface area contributed by atoms with Crippen LogP contribution >= 0.6 is 11.3 Å². The highest BCUT2D eigenvalue weighted by Crippen LogP contribution is 2.29. The molecule has 1 aliphatic heterocycles. The minimum Gasteiger partial charge on any atom is -0.351 e. The van der Waals surface area contributed by atoms with Gasteiger partial charge in [0.05, 0.1) is 6.20 Å². The number of nitrogens with one attached hydrogen (secondary N) is 1. The molecule has 136 valence electrons. The quantitative estimate of drug-likeness (QED) is 0.850. The van der Waals surface area contributed by atoms with Gasteiger partial charge in [-0.15, -0.1) is 0 Å². The summed E-state index contributed by atoms with van der Waals surface area (Å²) in [6, 6.07) is 8.06. The lowest BCUT2D eigenvalue weighted by Gasteiger charge is -2.18. The average molecular weight is 370 g/mol. The van der Waals surface area contributed by atoms with E-state index in [4.69, 9.17) is 0 Å². The zero-order valence-corrected chi connectivity index (χ0v) is 15.6. The first-order valence-corrected chi connectivity index (χ1v) is 9.78. The maximum atomic E-state index is 12.7. The third-order valence-corrected chi connectivity index (χ3v) is 5.93. The van der Waals surface area contributed by atoms with Crippen molar-refractivity contribution < 1.29 is 9.59 Å². The van der Waals surface area contributed by atoms with Crippen molar-refractivity contribution in [3.63, 3.8) is 0 Å². The first-order chi connectivity index (χ1) is 12.6. The molecule has 2 aromatic rings. The highest BCUT2D eigenvalue weighted by Gasteiger charge is 2.32. The third-order valence-electron chi connectivity index (χ3n) is 4.91. The van der Waals surface area contributed by atoms with Gasteiger partial charge in [-0.05, 0) is 36.8 Å². The van der Waals surface area contributed by atoms with Gasteiger partial charge >= 0.3 is 6.03 Å². The van der Waals surface area contributed by atoms with E-state index in [1.165, 1.54) is 29.7 Å². The Hall–Kier alpha value is -2.41. The van der Waals surface area contributed by atoms with Crippen LogP contribution in [0.2, 0.25) is 0 Å². The third kappa shape index (κ3) is 3.58. The molecule has 7 heteroatoms. The summed E-state index contributed by atoms with van der Waals surface area (Å²) >= 11 is 1.28. The number of benzene rings is 1. The van der Waals surface area contributed by atoms with Crippen molar-refractivity contribution >= 4 is 28.4 Å². The molecule has 26 heavy (non-hydrogen) atoms. The molecule has 2 aliphatic rings. The topological polar surface area (TPSA) is 65.5 Å². The summed E-state index contributed by atoms with van der Waals surface area (Å²) in [5, 5.41) is 3.54. The Bertz CT molecular complexity index is 830. The van der Waals surface area contributed by atoms with Crippen LogP contribution in [0.3, 0.4) is 0 Å². The summed E-state index contributed by atoms with van der Waals surface area (Å²) < 4.78 is 0. The molecule has 4 rings (SSSR count). The van der Waals surface area contributed by atoms with Crippen molar-refractivity contribution in [2.75, 3.05) is 24.5 Å². The van der Waals surface area contributed by atoms with Crippen molar-refractivity contribution in [1.29, 1.82) is 0 Å². The van der Waals surface area contributed by atoms with E-state index in [1.807, 2.05) is 17.0 Å². The Morgan fingerprint density at radius 1 is 1.31 bits per heavy atom. The van der Waals surface area contributed by atoms with Gasteiger partial charge in [-0.1, -0.05) is 35.6 Å². The molecule has 1 saturated heterocycles. The lowest BCUT2D eigenvalue weighted by Crippen LogP contribution is -2.31. The standard InChI is InChI=1S/C19H22N4O2S/c1-13-4-2-3-5-15(13)12-22-8-9-23(19(22)25)18-21-11-16(26-18)17(24)20-10-14-6-7-14/h2-5,11,14H,6-10,12H2,1H3,(H,20,24). The van der Waals surface area contributed by atoms with E-state index < -0.39 is 0 Å². The van der Waals surface area contributed by atoms with Gasteiger partial charge in [-0.2, -0.15) is 0 Å². The fourth-order valence-electron chi connectivity index (χ4n) is 3.04. The lowest BCUT2D eigenvalue weighted by molar-refractivity contribution is 0.0955. The number of aryl methyl sites for hydroxylation is 1. The predicted octanol–water partition coefficient (Wildman–Crippen LogP) is 3.03. The molecule has 1 aromatic heterocycles. The molecule has 2 heterocycles. The van der Waals surface area contributed by atoms with Gasteiger partial charge in [0, 0.05) is 26.2 Å². The fraction of sp³-hybridized carbons (Fsp3) is 0.421. The van der Waals surface area contributed by atoms with E-state index in [0.29, 0.717) is 35.6 Å². The van der Waals surface area contributed by atoms with Crippen LogP contribution < -0.4 is 10.2 Å². The fourth-order valence-corrected chi connectivity index (χ4v) is 3.89. The molecule has 6 nitrogen and oxygen atoms in total. The Balaban J connectivity index is 1.40. The molecule has 0 spiro atoms. The summed E-state index contributed by atoms with van der Waals surface area (Å²) in [7, 11) is 0. The van der Waals surface area contributed by atoms with Crippen LogP contribution in [0.4, 0.5) is 9.93 Å². The molecule has 3 amide bonds. The number of urea groups is 1. The van der Waals surface area contributed by atoms with Crippen molar-refractivity contribution in [3.8, 4) is 0 Å². The van der Waals surface area contributed by atoms with Gasteiger partial charge < -0.3 is 10.2 Å². The van der Waals surface area contributed by atoms with Gasteiger partial charge in [-0.25, -0.2) is 9.78 Å². The number of rotatable bonds is 6. The van der Waals surface area contributed by atoms with E-state index in [0.717, 1.165) is 12.1 Å². The van der Waals surface area contributed by atoms with Crippen LogP contribution in [0.1, 0.15) is 33.6 Å². The number of carbonyl (C=O) groups excluding carboxylic acids is 2. The van der Waals surface area contributed by atoms with Crippen LogP contribution in [0.15, 0.2) is 30.5 Å². The molecule has 0 unspecified atom stereocenters. The molecule has 1 aromatic carbocycles. The maximum Gasteiger partial charge on any atom is 0.326 e. The van der Waals surface area contributed by atoms with E-state index in [1.54, 1.807) is 11.1 Å². The van der Waals surface area contributed by atoms with E-state index in [-0.39, 0.29) is 11.9 Å². The number of thiazole rings is 1. The molecule has 1 N–H and O–H groups in total. The van der Waals surface area contributed by atoms with E-state index in [2.05, 4.69) is 29.4 Å². The molecule has 1 aliphatic carbocycles. The number of carbonyl (C=O) groups is 2. The summed E-state index contributed by atoms with van der Waals surface area (Å²) in [5.74, 6) is 0.547. The zero-order chi connectivity index (χ0) is 18.1. The molecule has 0 radical (unpaired) electrons. The smallest absolute Gasteiger partial charge is 0.326 e. The number of hydrogen-bond acceptors (Lipinski definition) is 4. The molecule has 0 atom stereocenters. The van der Waals surface area contributed by atoms with Gasteiger partial charge in [0.1, 0.15) is 4.88 Å². The summed E-state index contributed by atoms with van der Waals surface area (Å²) in [6.07, 6.45) is 3.97. The molecule has 1 saturated carbocycles. The predicted molar refractivity (Wildman–Crippen MR) is 102 cm³/mol. The van der Waals surface area contributed by atoms with Gasteiger partial charge in [0.2, 0.25) is 0 Å². The van der Waals surface area contributed by atoms with Crippen molar-refractivity contribution in [1.82, 2.24) is 15.2 Å². The lowest BCUT2D eigenvalue weighted by atomic mass is 10.1. The minimum atomic E-state index is -0.0935. The van der Waals surface area contributed by atoms with E-state index >= 15 is 0 Å². The number of amides is 3. The van der Waals surface area contributed by atoms with Crippen LogP contribution in [0.5, 0.6) is 0 Å². The number of anilines is 1. The van der Waals surface area contributed by atoms with Crippen LogP contribution in [-0.4, -0.2) is 41.5 Å². The highest BCUT2D eigenvalue weighted by atomic mass is 32.1. The first kappa shape index (κ1) is 17.0. The monoisotopic (exact) mass is 370 g/mol. The Labute approximate surface area is 156 Å². The van der Waals surface area contributed by atoms with Crippen molar-refractivity contribution in [2.45, 2.75) is 26.3 Å². The molecule has 2 fully saturated rings. The number of nitrogens with zero attached hydrogens (tertiary/aromatic N) is 3. The second-order valence-electron chi connectivity index (χ2n) is 6.94. The Morgan fingerprint density at radius 3 is 2.88 bits per heavy atom. The second kappa shape index (κ2) is 7.07. The normalized spacial score (nSPS) is 17.0. The Morgan fingerprint density at radius 2 is 2.12 bits per heavy atom. The number of hydrogen-bond donors (Lipinski definition) is 1. The highest BCUT2D eigenvalue weighted by molar-refractivity contribution is 7.17. The van der Waals surface area contributed by atoms with Crippen molar-refractivity contribution in [2.24, 2.45) is 5.92 Å². The van der Waals surface area contributed by atoms with Gasteiger partial charge in [0.15, 0.2) is 5.13 Å². The molecular weight excluding hydrogens is 348 g/mol. The van der Waals surface area contributed by atoms with Gasteiger partial charge in [-0.3, -0.25) is 9.69 Å². The average Bonchev–Trinajstić information content (AvgIpc) is 3.22. The summed E-state index contributed by atoms with van der Waals surface area (Å²) in [5.41, 5.74) is 2.34.